The first-order valence-electron chi connectivity index (χ1n) is 12.8. The third-order valence-corrected chi connectivity index (χ3v) is 6.98. The number of allylic oxidation sites excluding steroid dienone is 3. The van der Waals surface area contributed by atoms with E-state index in [0.29, 0.717) is 37.2 Å². The van der Waals surface area contributed by atoms with Crippen LogP contribution in [0.2, 0.25) is 0 Å². The predicted molar refractivity (Wildman–Crippen MR) is 141 cm³/mol. The molecule has 2 amide bonds. The molecule has 2 heterocycles. The van der Waals surface area contributed by atoms with Crippen LogP contribution >= 0.6 is 0 Å². The van der Waals surface area contributed by atoms with Crippen molar-refractivity contribution in [1.29, 1.82) is 0 Å². The van der Waals surface area contributed by atoms with Crippen molar-refractivity contribution < 1.29 is 19.8 Å². The average Bonchev–Trinajstić information content (AvgIpc) is 3.04. The lowest BCUT2D eigenvalue weighted by Crippen LogP contribution is -2.44. The normalized spacial score (nSPS) is 21.6. The molecule has 2 N–H and O–H groups in total. The zero-order valence-electron chi connectivity index (χ0n) is 21.6. The Bertz CT molecular complexity index is 1020. The first kappa shape index (κ1) is 26.9. The van der Waals surface area contributed by atoms with Gasteiger partial charge in [-0.3, -0.25) is 9.59 Å². The number of carbonyl (C=O) groups is 2. The summed E-state index contributed by atoms with van der Waals surface area (Å²) in [6, 6.07) is 5.56. The van der Waals surface area contributed by atoms with E-state index in [1.54, 1.807) is 22.0 Å². The molecule has 0 bridgehead atoms. The summed E-state index contributed by atoms with van der Waals surface area (Å²) in [6.45, 7) is 9.09. The summed E-state index contributed by atoms with van der Waals surface area (Å²) in [6.07, 6.45) is 12.5. The lowest BCUT2D eigenvalue weighted by Gasteiger charge is -2.30. The number of anilines is 2. The summed E-state index contributed by atoms with van der Waals surface area (Å²) in [7, 11) is 0. The maximum Gasteiger partial charge on any atom is 0.264 e. The molecule has 2 aliphatic rings. The summed E-state index contributed by atoms with van der Waals surface area (Å²) in [5.41, 5.74) is 2.69. The van der Waals surface area contributed by atoms with Crippen LogP contribution in [0.3, 0.4) is 0 Å². The number of aliphatic hydroxyl groups excluding tert-OH is 1. The molecule has 0 spiro atoms. The molecule has 0 radical (unpaired) electrons. The van der Waals surface area contributed by atoms with Gasteiger partial charge in [0, 0.05) is 43.3 Å². The predicted octanol–water partition coefficient (Wildman–Crippen LogP) is 5.01. The molecule has 0 aromatic heterocycles. The van der Waals surface area contributed by atoms with Crippen molar-refractivity contribution in [3.63, 3.8) is 0 Å². The van der Waals surface area contributed by atoms with E-state index >= 15 is 0 Å². The van der Waals surface area contributed by atoms with Crippen molar-refractivity contribution in [1.82, 2.24) is 0 Å². The van der Waals surface area contributed by atoms with Crippen molar-refractivity contribution in [2.75, 3.05) is 29.5 Å². The Morgan fingerprint density at radius 1 is 1.14 bits per heavy atom. The molecule has 6 heteroatoms. The van der Waals surface area contributed by atoms with Gasteiger partial charge >= 0.3 is 0 Å². The Morgan fingerprint density at radius 2 is 1.91 bits per heavy atom. The molecule has 35 heavy (non-hydrogen) atoms. The molecule has 1 saturated heterocycles. The Labute approximate surface area is 209 Å². The van der Waals surface area contributed by atoms with E-state index in [1.165, 1.54) is 11.1 Å². The number of piperidine rings is 1. The standard InChI is InChI=1S/C29H40N2O4/c1-21(2)10-9-11-22(3)16-18-31-26-15-14-24(30-17-7-5-13-27(30)33)20-25(26)29(35,28(31)34)23(4)12-6-8-19-32/h6,10,12,14-16,20,23,32,35H,5,7-9,11,13,17-19H2,1-4H3/b12-6+,22-16+/t23-,29+/m1/s1. The number of benzene rings is 1. The van der Waals surface area contributed by atoms with Crippen molar-refractivity contribution in [2.45, 2.75) is 71.8 Å². The fourth-order valence-electron chi connectivity index (χ4n) is 4.81. The minimum Gasteiger partial charge on any atom is -0.396 e. The highest BCUT2D eigenvalue weighted by Crippen LogP contribution is 2.47. The Kier molecular flexibility index (Phi) is 9.09. The number of nitrogens with zero attached hydrogens (tertiary/aromatic N) is 2. The molecule has 0 saturated carbocycles. The lowest BCUT2D eigenvalue weighted by molar-refractivity contribution is -0.139. The average molecular weight is 481 g/mol. The summed E-state index contributed by atoms with van der Waals surface area (Å²) in [5, 5.41) is 21.0. The maximum atomic E-state index is 13.7. The van der Waals surface area contributed by atoms with Crippen LogP contribution in [0.5, 0.6) is 0 Å². The highest BCUT2D eigenvalue weighted by Gasteiger charge is 2.52. The first-order chi connectivity index (χ1) is 16.7. The van der Waals surface area contributed by atoms with Crippen LogP contribution in [-0.4, -0.2) is 41.7 Å². The first-order valence-corrected chi connectivity index (χ1v) is 12.8. The van der Waals surface area contributed by atoms with Crippen molar-refractivity contribution in [3.05, 3.63) is 59.2 Å². The van der Waals surface area contributed by atoms with Crippen LogP contribution in [0.25, 0.3) is 0 Å². The minimum absolute atomic E-state index is 0.0103. The largest absolute Gasteiger partial charge is 0.396 e. The van der Waals surface area contributed by atoms with Gasteiger partial charge in [0.2, 0.25) is 5.91 Å². The molecule has 6 nitrogen and oxygen atoms in total. The molecule has 0 unspecified atom stereocenters. The van der Waals surface area contributed by atoms with E-state index in [9.17, 15) is 14.7 Å². The van der Waals surface area contributed by atoms with Gasteiger partial charge in [-0.05, 0) is 71.1 Å². The van der Waals surface area contributed by atoms with Crippen LogP contribution in [0, 0.1) is 5.92 Å². The summed E-state index contributed by atoms with van der Waals surface area (Å²) >= 11 is 0. The smallest absolute Gasteiger partial charge is 0.264 e. The van der Waals surface area contributed by atoms with Gasteiger partial charge in [-0.1, -0.05) is 42.4 Å². The number of aliphatic hydroxyl groups is 2. The number of rotatable bonds is 10. The highest BCUT2D eigenvalue weighted by atomic mass is 16.3. The van der Waals surface area contributed by atoms with Gasteiger partial charge in [-0.25, -0.2) is 0 Å². The molecule has 1 aromatic carbocycles. The quantitative estimate of drug-likeness (QED) is 0.462. The number of hydrogen-bond donors (Lipinski definition) is 2. The summed E-state index contributed by atoms with van der Waals surface area (Å²) in [5.74, 6) is -0.781. The fraction of sp³-hybridized carbons (Fsp3) is 0.517. The van der Waals surface area contributed by atoms with Gasteiger partial charge in [-0.15, -0.1) is 0 Å². The SMILES string of the molecule is CC(C)=CCC/C(C)=C/CN1C(=O)[C@](O)([C@H](C)/C=C/CCO)c2cc(N3CCCCC3=O)ccc21. The fourth-order valence-corrected chi connectivity index (χ4v) is 4.81. The van der Waals surface area contributed by atoms with E-state index in [2.05, 4.69) is 32.9 Å². The zero-order chi connectivity index (χ0) is 25.6. The molecule has 190 valence electrons. The van der Waals surface area contributed by atoms with Crippen molar-refractivity contribution >= 4 is 23.2 Å². The number of carbonyl (C=O) groups excluding carboxylic acids is 2. The van der Waals surface area contributed by atoms with E-state index in [1.807, 2.05) is 25.1 Å². The second kappa shape index (κ2) is 11.8. The number of amides is 2. The molecule has 3 rings (SSSR count). The molecule has 1 aromatic rings. The minimum atomic E-state index is -1.74. The highest BCUT2D eigenvalue weighted by molar-refractivity contribution is 6.08. The molecular formula is C29H40N2O4. The summed E-state index contributed by atoms with van der Waals surface area (Å²) in [4.78, 5) is 29.6. The lowest BCUT2D eigenvalue weighted by atomic mass is 9.82. The molecule has 0 aliphatic carbocycles. The molecular weight excluding hydrogens is 440 g/mol. The van der Waals surface area contributed by atoms with Crippen molar-refractivity contribution in [2.24, 2.45) is 5.92 Å². The molecule has 2 atom stereocenters. The van der Waals surface area contributed by atoms with E-state index in [-0.39, 0.29) is 18.4 Å². The van der Waals surface area contributed by atoms with Crippen LogP contribution in [0.1, 0.15) is 71.8 Å². The van der Waals surface area contributed by atoms with E-state index in [0.717, 1.165) is 31.4 Å². The third-order valence-electron chi connectivity index (χ3n) is 6.98. The van der Waals surface area contributed by atoms with Crippen molar-refractivity contribution in [3.8, 4) is 0 Å². The van der Waals surface area contributed by atoms with E-state index in [4.69, 9.17) is 5.11 Å². The maximum absolute atomic E-state index is 13.7. The van der Waals surface area contributed by atoms with Crippen LogP contribution < -0.4 is 9.80 Å². The summed E-state index contributed by atoms with van der Waals surface area (Å²) < 4.78 is 0. The monoisotopic (exact) mass is 480 g/mol. The van der Waals surface area contributed by atoms with E-state index < -0.39 is 11.5 Å². The Hall–Kier alpha value is -2.70. The number of fused-ring (bicyclic) bond motifs is 1. The van der Waals surface area contributed by atoms with Gasteiger partial charge < -0.3 is 20.0 Å². The van der Waals surface area contributed by atoms with Gasteiger partial charge in [0.25, 0.3) is 5.91 Å². The topological polar surface area (TPSA) is 81.1 Å². The van der Waals surface area contributed by atoms with Crippen LogP contribution in [0.15, 0.2) is 53.6 Å². The second-order valence-corrected chi connectivity index (χ2v) is 9.99. The van der Waals surface area contributed by atoms with Gasteiger partial charge in [-0.2, -0.15) is 0 Å². The molecule has 2 aliphatic heterocycles. The zero-order valence-corrected chi connectivity index (χ0v) is 21.6. The van der Waals surface area contributed by atoms with Crippen LogP contribution in [-0.2, 0) is 15.2 Å². The number of hydrogen-bond acceptors (Lipinski definition) is 4. The Balaban J connectivity index is 1.96. The van der Waals surface area contributed by atoms with Gasteiger partial charge in [0.15, 0.2) is 5.60 Å². The third kappa shape index (κ3) is 5.93. The van der Waals surface area contributed by atoms with Gasteiger partial charge in [0.05, 0.1) is 5.69 Å². The molecule has 1 fully saturated rings. The Morgan fingerprint density at radius 3 is 2.60 bits per heavy atom. The van der Waals surface area contributed by atoms with Gasteiger partial charge in [0.1, 0.15) is 0 Å². The second-order valence-electron chi connectivity index (χ2n) is 9.99. The van der Waals surface area contributed by atoms with Crippen LogP contribution in [0.4, 0.5) is 11.4 Å².